The summed E-state index contributed by atoms with van der Waals surface area (Å²) in [7, 11) is 3.67. The van der Waals surface area contributed by atoms with Gasteiger partial charge in [-0.1, -0.05) is 149 Å². The van der Waals surface area contributed by atoms with Gasteiger partial charge < -0.3 is 18.9 Å². The molecule has 0 bridgehead atoms. The molecule has 0 N–H and O–H groups in total. The molecule has 0 spiro atoms. The van der Waals surface area contributed by atoms with E-state index in [0.717, 1.165) is 32.8 Å². The molecule has 47 heavy (non-hydrogen) atoms. The maximum atomic E-state index is 6.38. The zero-order chi connectivity index (χ0) is 35.4. The lowest BCUT2D eigenvalue weighted by Gasteiger charge is -2.26. The van der Waals surface area contributed by atoms with E-state index in [9.17, 15) is 0 Å². The van der Waals surface area contributed by atoms with Crippen molar-refractivity contribution >= 4 is 21.6 Å². The Hall–Kier alpha value is -1.02. The molecule has 0 aromatic heterocycles. The highest BCUT2D eigenvalue weighted by Gasteiger charge is 2.23. The van der Waals surface area contributed by atoms with E-state index in [1.165, 1.54) is 43.2 Å². The maximum Gasteiger partial charge on any atom is 0.0728 e. The van der Waals surface area contributed by atoms with Crippen molar-refractivity contribution in [3.8, 4) is 0 Å². The number of hydrogen-bond acceptors (Lipinski definition) is 6. The second-order valence-electron chi connectivity index (χ2n) is 16.7. The molecule has 0 aliphatic heterocycles. The second-order valence-corrected chi connectivity index (χ2v) is 18.8. The molecular weight excluding hydrogens is 621 g/mol. The molecule has 6 heteroatoms. The van der Waals surface area contributed by atoms with Gasteiger partial charge in [0.2, 0.25) is 0 Å². The largest absolute Gasteiger partial charge is 0.376 e. The van der Waals surface area contributed by atoms with Crippen LogP contribution in [0, 0.1) is 23.7 Å². The number of ether oxygens (including phenoxy) is 4. The molecule has 1 atom stereocenters. The Morgan fingerprint density at radius 3 is 1.00 bits per heavy atom. The second kappa shape index (κ2) is 20.0. The van der Waals surface area contributed by atoms with Gasteiger partial charge in [0.1, 0.15) is 0 Å². The molecule has 0 saturated carbocycles. The summed E-state index contributed by atoms with van der Waals surface area (Å²) in [5, 5.41) is 0. The Balaban J connectivity index is 2.66. The first kappa shape index (κ1) is 42.1. The lowest BCUT2D eigenvalue weighted by Crippen LogP contribution is -2.15. The predicted octanol–water partition coefficient (Wildman–Crippen LogP) is 12.2. The molecule has 0 aliphatic carbocycles. The van der Waals surface area contributed by atoms with Crippen molar-refractivity contribution in [2.45, 2.75) is 150 Å². The number of rotatable bonds is 20. The van der Waals surface area contributed by atoms with E-state index in [-0.39, 0.29) is 10.8 Å². The monoisotopic (exact) mass is 688 g/mol. The lowest BCUT2D eigenvalue weighted by molar-refractivity contribution is 0.0870. The highest BCUT2D eigenvalue weighted by atomic mass is 33.1. The van der Waals surface area contributed by atoms with Crippen molar-refractivity contribution < 1.29 is 18.9 Å². The fourth-order valence-electron chi connectivity index (χ4n) is 4.80. The van der Waals surface area contributed by atoms with Gasteiger partial charge in [0.05, 0.1) is 26.4 Å². The Morgan fingerprint density at radius 2 is 0.766 bits per heavy atom. The van der Waals surface area contributed by atoms with E-state index in [0.29, 0.717) is 50.1 Å². The van der Waals surface area contributed by atoms with Crippen molar-refractivity contribution in [1.82, 2.24) is 0 Å². The minimum Gasteiger partial charge on any atom is -0.376 e. The summed E-state index contributed by atoms with van der Waals surface area (Å²) in [5.41, 5.74) is 7.60. The fraction of sp³-hybridized carbons (Fsp3) is 0.707. The highest BCUT2D eigenvalue weighted by molar-refractivity contribution is 8.76. The number of benzene rings is 2. The van der Waals surface area contributed by atoms with Crippen molar-refractivity contribution in [1.29, 1.82) is 0 Å². The zero-order valence-corrected chi connectivity index (χ0v) is 34.1. The molecule has 4 nitrogen and oxygen atoms in total. The van der Waals surface area contributed by atoms with Gasteiger partial charge in [-0.2, -0.15) is 0 Å². The summed E-state index contributed by atoms with van der Waals surface area (Å²) in [5.74, 6) is 1.97. The standard InChI is InChI=1S/C41H68O4S2/c1-15-31(8)23-45-27-35-19-37(41(12,13)14)18-34(26-44-22-30(6)7)39(35)47-46-38-32(24-42-20-28(2)3)16-36(40(9,10)11)17-33(38)25-43-21-29(4)5/h16-19,28-31H,15,20-27H2,1-14H3. The van der Waals surface area contributed by atoms with Gasteiger partial charge in [-0.05, 0) is 67.9 Å². The highest BCUT2D eigenvalue weighted by Crippen LogP contribution is 2.46. The molecule has 268 valence electrons. The quantitative estimate of drug-likeness (QED) is 0.129. The molecule has 2 aromatic rings. The van der Waals surface area contributed by atoms with Crippen LogP contribution in [0.15, 0.2) is 34.1 Å². The number of hydrogen-bond donors (Lipinski definition) is 0. The van der Waals surface area contributed by atoms with Crippen LogP contribution in [0.5, 0.6) is 0 Å². The summed E-state index contributed by atoms with van der Waals surface area (Å²) in [4.78, 5) is 2.50. The van der Waals surface area contributed by atoms with Crippen LogP contribution in [0.4, 0.5) is 0 Å². The van der Waals surface area contributed by atoms with E-state index in [1.54, 1.807) is 0 Å². The molecule has 1 unspecified atom stereocenters. The topological polar surface area (TPSA) is 36.9 Å². The van der Waals surface area contributed by atoms with E-state index in [4.69, 9.17) is 18.9 Å². The summed E-state index contributed by atoms with van der Waals surface area (Å²) in [6.45, 7) is 36.7. The van der Waals surface area contributed by atoms with Crippen molar-refractivity contribution in [3.05, 3.63) is 57.6 Å². The summed E-state index contributed by atoms with van der Waals surface area (Å²) in [6, 6.07) is 9.46. The minimum absolute atomic E-state index is 0.0131. The summed E-state index contributed by atoms with van der Waals surface area (Å²) < 4.78 is 25.3. The van der Waals surface area contributed by atoms with Crippen LogP contribution in [0.3, 0.4) is 0 Å². The minimum atomic E-state index is 0.0131. The van der Waals surface area contributed by atoms with E-state index in [2.05, 4.69) is 121 Å². The van der Waals surface area contributed by atoms with Crippen LogP contribution in [-0.4, -0.2) is 26.4 Å². The Bertz CT molecular complexity index is 1170. The normalized spacial score (nSPS) is 13.4. The summed E-state index contributed by atoms with van der Waals surface area (Å²) in [6.07, 6.45) is 1.11. The molecule has 2 aromatic carbocycles. The fourth-order valence-corrected chi connectivity index (χ4v) is 7.65. The third kappa shape index (κ3) is 15.2. The van der Waals surface area contributed by atoms with Gasteiger partial charge in [0.15, 0.2) is 0 Å². The molecule has 0 aliphatic rings. The smallest absolute Gasteiger partial charge is 0.0728 e. The van der Waals surface area contributed by atoms with Crippen LogP contribution in [0.2, 0.25) is 0 Å². The molecule has 0 heterocycles. The first-order chi connectivity index (χ1) is 21.9. The zero-order valence-electron chi connectivity index (χ0n) is 32.4. The molecule has 2 rings (SSSR count). The van der Waals surface area contributed by atoms with Gasteiger partial charge in [-0.3, -0.25) is 0 Å². The van der Waals surface area contributed by atoms with Crippen molar-refractivity contribution in [3.63, 3.8) is 0 Å². The van der Waals surface area contributed by atoms with Crippen LogP contribution in [0.1, 0.15) is 137 Å². The van der Waals surface area contributed by atoms with Gasteiger partial charge in [0.25, 0.3) is 0 Å². The van der Waals surface area contributed by atoms with Crippen LogP contribution >= 0.6 is 21.6 Å². The SMILES string of the molecule is CCC(C)COCc1cc(C(C)(C)C)cc(COCC(C)C)c1SSc1c(COCC(C)C)cc(C(C)(C)C)cc1COCC(C)C. The van der Waals surface area contributed by atoms with Crippen LogP contribution < -0.4 is 0 Å². The lowest BCUT2D eigenvalue weighted by atomic mass is 9.85. The van der Waals surface area contributed by atoms with E-state index in [1.807, 2.05) is 21.6 Å². The maximum absolute atomic E-state index is 6.38. The van der Waals surface area contributed by atoms with Gasteiger partial charge in [0, 0.05) is 36.2 Å². The Morgan fingerprint density at radius 1 is 0.489 bits per heavy atom. The van der Waals surface area contributed by atoms with Crippen molar-refractivity contribution in [2.24, 2.45) is 23.7 Å². The molecular formula is C41H68O4S2. The molecule has 0 amide bonds. The average molecular weight is 689 g/mol. The van der Waals surface area contributed by atoms with E-state index < -0.39 is 0 Å². The van der Waals surface area contributed by atoms with Gasteiger partial charge >= 0.3 is 0 Å². The Labute approximate surface area is 297 Å². The Kier molecular flexibility index (Phi) is 17.9. The summed E-state index contributed by atoms with van der Waals surface area (Å²) >= 11 is 0. The van der Waals surface area contributed by atoms with Gasteiger partial charge in [-0.25, -0.2) is 0 Å². The molecule has 0 radical (unpaired) electrons. The predicted molar refractivity (Wildman–Crippen MR) is 205 cm³/mol. The van der Waals surface area contributed by atoms with Crippen molar-refractivity contribution in [2.75, 3.05) is 26.4 Å². The van der Waals surface area contributed by atoms with E-state index >= 15 is 0 Å². The van der Waals surface area contributed by atoms with Crippen LogP contribution in [0.25, 0.3) is 0 Å². The first-order valence-electron chi connectivity index (χ1n) is 17.9. The molecule has 0 fully saturated rings. The third-order valence-electron chi connectivity index (χ3n) is 7.91. The van der Waals surface area contributed by atoms with Gasteiger partial charge in [-0.15, -0.1) is 0 Å². The third-order valence-corrected chi connectivity index (χ3v) is 10.6. The first-order valence-corrected chi connectivity index (χ1v) is 20.0. The average Bonchev–Trinajstić information content (AvgIpc) is 2.95. The molecule has 0 saturated heterocycles. The van der Waals surface area contributed by atoms with Crippen LogP contribution in [-0.2, 0) is 56.2 Å².